The second-order valence-electron chi connectivity index (χ2n) is 9.25. The number of aromatic nitrogens is 1. The Labute approximate surface area is 220 Å². The summed E-state index contributed by atoms with van der Waals surface area (Å²) in [7, 11) is 0. The van der Waals surface area contributed by atoms with Gasteiger partial charge >= 0.3 is 18.3 Å². The number of hydrogen-bond acceptors (Lipinski definition) is 7. The molecule has 13 heteroatoms. The molecule has 0 bridgehead atoms. The van der Waals surface area contributed by atoms with Crippen molar-refractivity contribution in [1.29, 1.82) is 0 Å². The van der Waals surface area contributed by atoms with Gasteiger partial charge in [0.25, 0.3) is 0 Å². The summed E-state index contributed by atoms with van der Waals surface area (Å²) in [6, 6.07) is 3.92. The number of esters is 1. The Morgan fingerprint density at radius 2 is 1.74 bits per heavy atom. The fraction of sp³-hybridized carbons (Fsp3) is 0.520. The highest BCUT2D eigenvalue weighted by atomic mass is 32.1. The minimum Gasteiger partial charge on any atom is -0.462 e. The predicted molar refractivity (Wildman–Crippen MR) is 133 cm³/mol. The van der Waals surface area contributed by atoms with Crippen molar-refractivity contribution in [2.24, 2.45) is 0 Å². The molecular weight excluding hydrogens is 534 g/mol. The SMILES string of the molecule is C=C(Nc1nc(C(F)(F)F)c(C(=O)OCC)s1)c1cc(N2CCC(N3CCCC3)CC2)cc(C(F)(F)F)c1. The van der Waals surface area contributed by atoms with Crippen LogP contribution in [0.15, 0.2) is 24.8 Å². The maximum atomic E-state index is 13.8. The van der Waals surface area contributed by atoms with E-state index in [1.807, 2.05) is 4.90 Å². The first-order valence-corrected chi connectivity index (χ1v) is 13.1. The van der Waals surface area contributed by atoms with E-state index in [0.717, 1.165) is 50.9 Å². The summed E-state index contributed by atoms with van der Waals surface area (Å²) in [6.07, 6.45) is -5.57. The zero-order valence-corrected chi connectivity index (χ0v) is 21.5. The van der Waals surface area contributed by atoms with Gasteiger partial charge in [0.05, 0.1) is 12.2 Å². The lowest BCUT2D eigenvalue weighted by Crippen LogP contribution is -2.43. The van der Waals surface area contributed by atoms with Crippen molar-refractivity contribution in [3.05, 3.63) is 46.5 Å². The Balaban J connectivity index is 1.57. The van der Waals surface area contributed by atoms with Crippen LogP contribution in [0.2, 0.25) is 0 Å². The van der Waals surface area contributed by atoms with Gasteiger partial charge in [-0.25, -0.2) is 9.78 Å². The van der Waals surface area contributed by atoms with Gasteiger partial charge in [-0.1, -0.05) is 17.9 Å². The molecule has 1 aromatic heterocycles. The summed E-state index contributed by atoms with van der Waals surface area (Å²) in [5, 5.41) is 2.22. The summed E-state index contributed by atoms with van der Waals surface area (Å²) in [6.45, 7) is 8.34. The van der Waals surface area contributed by atoms with Gasteiger partial charge in [-0.2, -0.15) is 26.3 Å². The second kappa shape index (κ2) is 11.1. The first-order valence-electron chi connectivity index (χ1n) is 12.3. The lowest BCUT2D eigenvalue weighted by atomic mass is 10.0. The van der Waals surface area contributed by atoms with E-state index in [2.05, 4.69) is 21.8 Å². The monoisotopic (exact) mass is 562 g/mol. The third-order valence-electron chi connectivity index (χ3n) is 6.69. The van der Waals surface area contributed by atoms with Crippen LogP contribution in [0, 0.1) is 0 Å². The van der Waals surface area contributed by atoms with E-state index in [0.29, 0.717) is 36.2 Å². The number of thiazole rings is 1. The van der Waals surface area contributed by atoms with E-state index in [1.165, 1.54) is 13.0 Å². The first kappa shape index (κ1) is 28.2. The molecule has 0 unspecified atom stereocenters. The number of piperidine rings is 1. The van der Waals surface area contributed by atoms with Crippen molar-refractivity contribution in [3.8, 4) is 0 Å². The van der Waals surface area contributed by atoms with Crippen LogP contribution in [-0.2, 0) is 17.1 Å². The molecule has 2 saturated heterocycles. The number of carbonyl (C=O) groups excluding carboxylic acids is 1. The maximum Gasteiger partial charge on any atom is 0.435 e. The van der Waals surface area contributed by atoms with E-state index in [-0.39, 0.29) is 23.0 Å². The number of anilines is 2. The molecule has 4 rings (SSSR count). The highest BCUT2D eigenvalue weighted by molar-refractivity contribution is 7.17. The molecule has 1 aromatic carbocycles. The molecule has 0 spiro atoms. The number of nitrogens with zero attached hydrogens (tertiary/aromatic N) is 3. The van der Waals surface area contributed by atoms with E-state index >= 15 is 0 Å². The van der Waals surface area contributed by atoms with Gasteiger partial charge < -0.3 is 19.9 Å². The highest BCUT2D eigenvalue weighted by Gasteiger charge is 2.40. The molecule has 0 radical (unpaired) electrons. The molecule has 0 atom stereocenters. The average molecular weight is 563 g/mol. The van der Waals surface area contributed by atoms with Crippen LogP contribution in [0.25, 0.3) is 5.70 Å². The van der Waals surface area contributed by atoms with Crippen molar-refractivity contribution in [2.75, 3.05) is 43.0 Å². The number of likely N-dealkylation sites (tertiary alicyclic amines) is 1. The molecule has 0 amide bonds. The number of hydrogen-bond donors (Lipinski definition) is 1. The number of nitrogens with one attached hydrogen (secondary N) is 1. The van der Waals surface area contributed by atoms with E-state index < -0.39 is 34.5 Å². The zero-order valence-electron chi connectivity index (χ0n) is 20.7. The third-order valence-corrected chi connectivity index (χ3v) is 7.65. The van der Waals surface area contributed by atoms with Gasteiger partial charge in [0, 0.05) is 36.1 Å². The number of ether oxygens (including phenoxy) is 1. The van der Waals surface area contributed by atoms with Crippen molar-refractivity contribution >= 4 is 33.8 Å². The van der Waals surface area contributed by atoms with Crippen LogP contribution in [0.1, 0.15) is 59.1 Å². The Morgan fingerprint density at radius 1 is 1.08 bits per heavy atom. The summed E-state index contributed by atoms with van der Waals surface area (Å²) < 4.78 is 86.3. The standard InChI is InChI=1S/C25H28F6N4O2S/c1-3-37-22(36)20-21(25(29,30)31)33-23(38-20)32-15(2)16-12-17(24(26,27)28)14-19(13-16)35-10-6-18(7-11-35)34-8-4-5-9-34/h12-14,18H,2-11H2,1H3,(H,32,33). The molecule has 208 valence electrons. The number of alkyl halides is 6. The summed E-state index contributed by atoms with van der Waals surface area (Å²) in [4.78, 5) is 19.1. The molecule has 2 aliphatic heterocycles. The molecule has 6 nitrogen and oxygen atoms in total. The van der Waals surface area contributed by atoms with Gasteiger partial charge in [-0.15, -0.1) is 0 Å². The summed E-state index contributed by atoms with van der Waals surface area (Å²) in [5.74, 6) is -1.19. The van der Waals surface area contributed by atoms with Crippen LogP contribution in [0.4, 0.5) is 37.2 Å². The maximum absolute atomic E-state index is 13.8. The van der Waals surface area contributed by atoms with Gasteiger partial charge in [0.1, 0.15) is 4.88 Å². The lowest BCUT2D eigenvalue weighted by Gasteiger charge is -2.38. The largest absolute Gasteiger partial charge is 0.462 e. The Kier molecular flexibility index (Phi) is 8.26. The summed E-state index contributed by atoms with van der Waals surface area (Å²) in [5.41, 5.74) is -1.99. The van der Waals surface area contributed by atoms with Gasteiger partial charge in [-0.05, 0) is 63.9 Å². The van der Waals surface area contributed by atoms with E-state index in [1.54, 1.807) is 0 Å². The van der Waals surface area contributed by atoms with E-state index in [4.69, 9.17) is 4.74 Å². The molecule has 2 aromatic rings. The topological polar surface area (TPSA) is 57.7 Å². The number of rotatable bonds is 7. The third kappa shape index (κ3) is 6.42. The first-order chi connectivity index (χ1) is 17.9. The van der Waals surface area contributed by atoms with Crippen LogP contribution in [0.5, 0.6) is 0 Å². The molecular formula is C25H28F6N4O2S. The molecule has 1 N–H and O–H groups in total. The van der Waals surface area contributed by atoms with Crippen molar-refractivity contribution < 1.29 is 35.9 Å². The highest BCUT2D eigenvalue weighted by Crippen LogP contribution is 2.39. The van der Waals surface area contributed by atoms with Crippen molar-refractivity contribution in [2.45, 2.75) is 51.0 Å². The van der Waals surface area contributed by atoms with Gasteiger partial charge in [0.2, 0.25) is 0 Å². The van der Waals surface area contributed by atoms with Crippen molar-refractivity contribution in [3.63, 3.8) is 0 Å². The fourth-order valence-electron chi connectivity index (χ4n) is 4.83. The van der Waals surface area contributed by atoms with Crippen LogP contribution < -0.4 is 10.2 Å². The number of halogens is 6. The number of benzene rings is 1. The van der Waals surface area contributed by atoms with Gasteiger partial charge in [-0.3, -0.25) is 0 Å². The molecule has 2 fully saturated rings. The zero-order chi connectivity index (χ0) is 27.7. The van der Waals surface area contributed by atoms with Crippen LogP contribution >= 0.6 is 11.3 Å². The Hall–Kier alpha value is -2.80. The quantitative estimate of drug-likeness (QED) is 0.307. The van der Waals surface area contributed by atoms with E-state index in [9.17, 15) is 31.1 Å². The minimum absolute atomic E-state index is 0.0536. The number of carbonyl (C=O) groups is 1. The average Bonchev–Trinajstić information content (AvgIpc) is 3.54. The molecule has 38 heavy (non-hydrogen) atoms. The second-order valence-corrected chi connectivity index (χ2v) is 10.2. The van der Waals surface area contributed by atoms with Crippen molar-refractivity contribution in [1.82, 2.24) is 9.88 Å². The van der Waals surface area contributed by atoms with Crippen LogP contribution in [-0.4, -0.2) is 54.7 Å². The smallest absolute Gasteiger partial charge is 0.435 e. The Bertz CT molecular complexity index is 1170. The lowest BCUT2D eigenvalue weighted by molar-refractivity contribution is -0.141. The molecule has 2 aliphatic rings. The Morgan fingerprint density at radius 3 is 2.32 bits per heavy atom. The van der Waals surface area contributed by atoms with Crippen LogP contribution in [0.3, 0.4) is 0 Å². The molecule has 0 aliphatic carbocycles. The molecule has 3 heterocycles. The molecule has 0 saturated carbocycles. The fourth-order valence-corrected chi connectivity index (χ4v) is 5.73. The summed E-state index contributed by atoms with van der Waals surface area (Å²) >= 11 is 0.397. The van der Waals surface area contributed by atoms with Gasteiger partial charge in [0.15, 0.2) is 10.8 Å². The minimum atomic E-state index is -4.93. The normalized spacial score (nSPS) is 17.6. The predicted octanol–water partition coefficient (Wildman–Crippen LogP) is 6.50.